The largest absolute Gasteiger partial charge is 0.371 e. The highest BCUT2D eigenvalue weighted by Crippen LogP contribution is 2.28. The molecule has 1 aromatic heterocycles. The fourth-order valence-corrected chi connectivity index (χ4v) is 2.79. The second-order valence-electron chi connectivity index (χ2n) is 4.57. The molecule has 0 radical (unpaired) electrons. The lowest BCUT2D eigenvalue weighted by Gasteiger charge is -2.20. The van der Waals surface area contributed by atoms with Gasteiger partial charge in [-0.2, -0.15) is 0 Å². The van der Waals surface area contributed by atoms with Crippen molar-refractivity contribution in [1.29, 1.82) is 0 Å². The van der Waals surface area contributed by atoms with Crippen LogP contribution in [0.5, 0.6) is 0 Å². The van der Waals surface area contributed by atoms with E-state index in [2.05, 4.69) is 0 Å². The summed E-state index contributed by atoms with van der Waals surface area (Å²) in [6.45, 7) is 4.23. The van der Waals surface area contributed by atoms with Crippen LogP contribution in [0, 0.1) is 5.92 Å². The number of thiophene rings is 1. The van der Waals surface area contributed by atoms with Crippen LogP contribution >= 0.6 is 22.9 Å². The highest BCUT2D eigenvalue weighted by atomic mass is 35.5. The average molecular weight is 288 g/mol. The topological polar surface area (TPSA) is 29.5 Å². The van der Waals surface area contributed by atoms with Crippen molar-refractivity contribution in [2.24, 2.45) is 5.92 Å². The predicted octanol–water partition coefficient (Wildman–Crippen LogP) is 3.18. The number of hydrogen-bond acceptors (Lipinski definition) is 3. The summed E-state index contributed by atoms with van der Waals surface area (Å²) in [6.07, 6.45) is 2.50. The maximum absolute atomic E-state index is 12.0. The van der Waals surface area contributed by atoms with Crippen molar-refractivity contribution in [3.8, 4) is 0 Å². The lowest BCUT2D eigenvalue weighted by Crippen LogP contribution is -2.33. The SMILES string of the molecule is CCN(Cc1ccc(Cl)s1)C(=O)COCC1CC1. The van der Waals surface area contributed by atoms with Crippen molar-refractivity contribution >= 4 is 28.8 Å². The first-order valence-corrected chi connectivity index (χ1v) is 7.48. The Morgan fingerprint density at radius 2 is 2.33 bits per heavy atom. The number of amides is 1. The third-order valence-electron chi connectivity index (χ3n) is 2.99. The van der Waals surface area contributed by atoms with Crippen LogP contribution < -0.4 is 0 Å². The summed E-state index contributed by atoms with van der Waals surface area (Å²) in [7, 11) is 0. The smallest absolute Gasteiger partial charge is 0.248 e. The van der Waals surface area contributed by atoms with Gasteiger partial charge in [-0.15, -0.1) is 11.3 Å². The van der Waals surface area contributed by atoms with E-state index >= 15 is 0 Å². The molecule has 1 aliphatic carbocycles. The minimum absolute atomic E-state index is 0.0580. The van der Waals surface area contributed by atoms with E-state index in [9.17, 15) is 4.79 Å². The van der Waals surface area contributed by atoms with Gasteiger partial charge in [0, 0.05) is 11.4 Å². The average Bonchev–Trinajstić information content (AvgIpc) is 3.08. The molecule has 0 aromatic carbocycles. The van der Waals surface area contributed by atoms with Crippen molar-refractivity contribution < 1.29 is 9.53 Å². The number of halogens is 1. The van der Waals surface area contributed by atoms with Crippen LogP contribution in [-0.2, 0) is 16.1 Å². The molecule has 0 spiro atoms. The van der Waals surface area contributed by atoms with E-state index in [0.29, 0.717) is 19.0 Å². The Kier molecular flexibility index (Phi) is 5.03. The fraction of sp³-hybridized carbons (Fsp3) is 0.615. The monoisotopic (exact) mass is 287 g/mol. The molecule has 18 heavy (non-hydrogen) atoms. The van der Waals surface area contributed by atoms with E-state index in [0.717, 1.165) is 15.8 Å². The van der Waals surface area contributed by atoms with Crippen molar-refractivity contribution in [2.45, 2.75) is 26.3 Å². The summed E-state index contributed by atoms with van der Waals surface area (Å²) in [5.41, 5.74) is 0. The lowest BCUT2D eigenvalue weighted by molar-refractivity contribution is -0.136. The second kappa shape index (κ2) is 6.55. The maximum Gasteiger partial charge on any atom is 0.248 e. The van der Waals surface area contributed by atoms with Gasteiger partial charge in [0.1, 0.15) is 6.61 Å². The van der Waals surface area contributed by atoms with E-state index in [-0.39, 0.29) is 12.5 Å². The van der Waals surface area contributed by atoms with Crippen LogP contribution in [0.3, 0.4) is 0 Å². The molecule has 1 fully saturated rings. The highest BCUT2D eigenvalue weighted by molar-refractivity contribution is 7.16. The summed E-state index contributed by atoms with van der Waals surface area (Å²) >= 11 is 7.40. The molecule has 0 N–H and O–H groups in total. The van der Waals surface area contributed by atoms with Crippen LogP contribution in [0.15, 0.2) is 12.1 Å². The van der Waals surface area contributed by atoms with Gasteiger partial charge >= 0.3 is 0 Å². The molecule has 0 atom stereocenters. The Labute approximate surface area is 117 Å². The minimum atomic E-state index is 0.0580. The van der Waals surface area contributed by atoms with Gasteiger partial charge < -0.3 is 9.64 Å². The number of likely N-dealkylation sites (N-methyl/N-ethyl adjacent to an activating group) is 1. The van der Waals surface area contributed by atoms with Gasteiger partial charge in [0.25, 0.3) is 0 Å². The molecule has 1 saturated carbocycles. The molecule has 0 bridgehead atoms. The first-order valence-electron chi connectivity index (χ1n) is 6.28. The summed E-state index contributed by atoms with van der Waals surface area (Å²) in [5, 5.41) is 0. The zero-order valence-electron chi connectivity index (χ0n) is 10.5. The fourth-order valence-electron chi connectivity index (χ4n) is 1.69. The molecule has 0 saturated heterocycles. The van der Waals surface area contributed by atoms with E-state index in [1.54, 1.807) is 4.90 Å². The second-order valence-corrected chi connectivity index (χ2v) is 6.37. The van der Waals surface area contributed by atoms with Crippen molar-refractivity contribution in [3.63, 3.8) is 0 Å². The summed E-state index contributed by atoms with van der Waals surface area (Å²) in [4.78, 5) is 14.9. The van der Waals surface area contributed by atoms with Gasteiger partial charge in [0.15, 0.2) is 0 Å². The van der Waals surface area contributed by atoms with Crippen LogP contribution in [0.4, 0.5) is 0 Å². The predicted molar refractivity (Wildman–Crippen MR) is 74.0 cm³/mol. The van der Waals surface area contributed by atoms with E-state index < -0.39 is 0 Å². The highest BCUT2D eigenvalue weighted by Gasteiger charge is 2.22. The molecular weight excluding hydrogens is 270 g/mol. The van der Waals surface area contributed by atoms with Crippen LogP contribution in [-0.4, -0.2) is 30.6 Å². The number of carbonyl (C=O) groups excluding carboxylic acids is 1. The van der Waals surface area contributed by atoms with Gasteiger partial charge in [0.05, 0.1) is 17.5 Å². The third kappa shape index (κ3) is 4.26. The quantitative estimate of drug-likeness (QED) is 0.771. The minimum Gasteiger partial charge on any atom is -0.371 e. The molecule has 1 aliphatic rings. The van der Waals surface area contributed by atoms with Crippen LogP contribution in [0.2, 0.25) is 4.34 Å². The third-order valence-corrected chi connectivity index (χ3v) is 4.20. The number of ether oxygens (including phenoxy) is 1. The number of rotatable bonds is 7. The molecular formula is C13H18ClNO2S. The van der Waals surface area contributed by atoms with Crippen molar-refractivity contribution in [1.82, 2.24) is 4.90 Å². The Hall–Kier alpha value is -0.580. The zero-order valence-corrected chi connectivity index (χ0v) is 12.1. The van der Waals surface area contributed by atoms with E-state index in [1.807, 2.05) is 19.1 Å². The Bertz CT molecular complexity index is 403. The summed E-state index contributed by atoms with van der Waals surface area (Å²) in [5.74, 6) is 0.756. The molecule has 1 aromatic rings. The van der Waals surface area contributed by atoms with Crippen LogP contribution in [0.1, 0.15) is 24.6 Å². The molecule has 1 heterocycles. The van der Waals surface area contributed by atoms with Crippen LogP contribution in [0.25, 0.3) is 0 Å². The van der Waals surface area contributed by atoms with E-state index in [1.165, 1.54) is 24.2 Å². The van der Waals surface area contributed by atoms with Gasteiger partial charge in [-0.05, 0) is 37.8 Å². The molecule has 1 amide bonds. The first kappa shape index (κ1) is 13.8. The van der Waals surface area contributed by atoms with E-state index in [4.69, 9.17) is 16.3 Å². The number of carbonyl (C=O) groups is 1. The number of nitrogens with zero attached hydrogens (tertiary/aromatic N) is 1. The Morgan fingerprint density at radius 1 is 1.56 bits per heavy atom. The summed E-state index contributed by atoms with van der Waals surface area (Å²) < 4.78 is 6.19. The van der Waals surface area contributed by atoms with Crippen molar-refractivity contribution in [2.75, 3.05) is 19.8 Å². The van der Waals surface area contributed by atoms with Crippen molar-refractivity contribution in [3.05, 3.63) is 21.3 Å². The van der Waals surface area contributed by atoms with Gasteiger partial charge in [0.2, 0.25) is 5.91 Å². The lowest BCUT2D eigenvalue weighted by atomic mass is 10.4. The number of hydrogen-bond donors (Lipinski definition) is 0. The molecule has 100 valence electrons. The Morgan fingerprint density at radius 3 is 2.89 bits per heavy atom. The zero-order chi connectivity index (χ0) is 13.0. The van der Waals surface area contributed by atoms with Gasteiger partial charge in [-0.3, -0.25) is 4.79 Å². The Balaban J connectivity index is 1.77. The van der Waals surface area contributed by atoms with Gasteiger partial charge in [-0.1, -0.05) is 11.6 Å². The summed E-state index contributed by atoms with van der Waals surface area (Å²) in [6, 6.07) is 3.83. The normalized spacial score (nSPS) is 14.8. The van der Waals surface area contributed by atoms with Gasteiger partial charge in [-0.25, -0.2) is 0 Å². The first-order chi connectivity index (χ1) is 8.69. The molecule has 0 aliphatic heterocycles. The molecule has 3 nitrogen and oxygen atoms in total. The molecule has 0 unspecified atom stereocenters. The maximum atomic E-state index is 12.0. The molecule has 2 rings (SSSR count). The molecule has 5 heteroatoms. The standard InChI is InChI=1S/C13H18ClNO2S/c1-2-15(7-11-5-6-12(14)18-11)13(16)9-17-8-10-3-4-10/h5-6,10H,2-4,7-9H2,1H3.